The second-order valence-electron chi connectivity index (χ2n) is 8.54. The Morgan fingerprint density at radius 2 is 1.91 bits per heavy atom. The molecule has 1 saturated heterocycles. The number of nitrogens with one attached hydrogen (secondary N) is 2. The number of likely N-dealkylation sites (tertiary alicyclic amines) is 1. The molecular weight excluding hydrogens is 396 g/mol. The summed E-state index contributed by atoms with van der Waals surface area (Å²) in [6.07, 6.45) is 11.1. The van der Waals surface area contributed by atoms with Crippen LogP contribution in [0.5, 0.6) is 0 Å². The standard InChI is InChI=1S/C26H32N6/c1-19(15-22-9-11-24(28-16-22)7-6-14-32-12-4-5-13-32)26-25(18-29-31-26)30-21(3)23-10-8-20(2)27-17-23/h8-11,16-18,30H,1,3-7,12-15H2,2H3,(H,29,31). The summed E-state index contributed by atoms with van der Waals surface area (Å²) >= 11 is 0. The van der Waals surface area contributed by atoms with Crippen molar-refractivity contribution in [2.75, 3.05) is 25.0 Å². The molecule has 0 atom stereocenters. The minimum Gasteiger partial charge on any atom is -0.352 e. The summed E-state index contributed by atoms with van der Waals surface area (Å²) in [5, 5.41) is 10.6. The topological polar surface area (TPSA) is 69.7 Å². The molecule has 0 aromatic carbocycles. The van der Waals surface area contributed by atoms with Crippen LogP contribution in [0.25, 0.3) is 11.3 Å². The molecule has 0 radical (unpaired) electrons. The minimum absolute atomic E-state index is 0.705. The highest BCUT2D eigenvalue weighted by Gasteiger charge is 2.12. The predicted molar refractivity (Wildman–Crippen MR) is 131 cm³/mol. The number of hydrogen-bond acceptors (Lipinski definition) is 5. The first-order valence-electron chi connectivity index (χ1n) is 11.3. The van der Waals surface area contributed by atoms with Crippen molar-refractivity contribution in [2.45, 2.75) is 39.0 Å². The molecule has 0 aliphatic carbocycles. The molecule has 0 spiro atoms. The number of rotatable bonds is 10. The Morgan fingerprint density at radius 3 is 2.62 bits per heavy atom. The van der Waals surface area contributed by atoms with E-state index < -0.39 is 0 Å². The van der Waals surface area contributed by atoms with Crippen molar-refractivity contribution < 1.29 is 0 Å². The number of nitrogens with zero attached hydrogens (tertiary/aromatic N) is 4. The van der Waals surface area contributed by atoms with Gasteiger partial charge < -0.3 is 10.2 Å². The quantitative estimate of drug-likeness (QED) is 0.482. The molecule has 4 heterocycles. The Bertz CT molecular complexity index is 1040. The van der Waals surface area contributed by atoms with Gasteiger partial charge in [0.1, 0.15) is 0 Å². The van der Waals surface area contributed by atoms with E-state index in [1.165, 1.54) is 38.9 Å². The molecule has 3 aromatic heterocycles. The Labute approximate surface area is 190 Å². The normalized spacial score (nSPS) is 13.9. The number of hydrogen-bond donors (Lipinski definition) is 2. The molecule has 6 heteroatoms. The van der Waals surface area contributed by atoms with Gasteiger partial charge in [-0.2, -0.15) is 5.10 Å². The fraction of sp³-hybridized carbons (Fsp3) is 0.346. The Kier molecular flexibility index (Phi) is 7.12. The van der Waals surface area contributed by atoms with Crippen LogP contribution in [0.15, 0.2) is 56.0 Å². The van der Waals surface area contributed by atoms with E-state index in [2.05, 4.69) is 55.7 Å². The number of pyridine rings is 2. The SMILES string of the molecule is C=C(Nc1cn[nH]c1C(=C)Cc1ccc(CCCN2CCCC2)nc1)c1ccc(C)nc1. The molecule has 1 fully saturated rings. The smallest absolute Gasteiger partial charge is 0.0845 e. The zero-order chi connectivity index (χ0) is 22.3. The highest BCUT2D eigenvalue weighted by molar-refractivity contribution is 5.81. The number of aromatic nitrogens is 4. The Hall–Kier alpha value is -3.25. The second-order valence-corrected chi connectivity index (χ2v) is 8.54. The summed E-state index contributed by atoms with van der Waals surface area (Å²) in [5.41, 5.74) is 7.66. The molecule has 1 aliphatic heterocycles. The summed E-state index contributed by atoms with van der Waals surface area (Å²) in [5.74, 6) is 0. The van der Waals surface area contributed by atoms with Crippen LogP contribution in [0.3, 0.4) is 0 Å². The van der Waals surface area contributed by atoms with E-state index in [9.17, 15) is 0 Å². The third-order valence-electron chi connectivity index (χ3n) is 5.95. The van der Waals surface area contributed by atoms with Crippen molar-refractivity contribution in [3.63, 3.8) is 0 Å². The van der Waals surface area contributed by atoms with Crippen LogP contribution < -0.4 is 5.32 Å². The second kappa shape index (κ2) is 10.4. The lowest BCUT2D eigenvalue weighted by molar-refractivity contribution is 0.333. The van der Waals surface area contributed by atoms with E-state index in [0.29, 0.717) is 6.42 Å². The van der Waals surface area contributed by atoms with Crippen LogP contribution in [0, 0.1) is 6.92 Å². The Balaban J connectivity index is 1.31. The first kappa shape index (κ1) is 22.0. The van der Waals surface area contributed by atoms with Crippen LogP contribution >= 0.6 is 0 Å². The summed E-state index contributed by atoms with van der Waals surface area (Å²) < 4.78 is 0. The van der Waals surface area contributed by atoms with Gasteiger partial charge in [0.25, 0.3) is 0 Å². The molecule has 6 nitrogen and oxygen atoms in total. The maximum Gasteiger partial charge on any atom is 0.0845 e. The number of H-pyrrole nitrogens is 1. The van der Waals surface area contributed by atoms with Crippen LogP contribution in [0.2, 0.25) is 0 Å². The van der Waals surface area contributed by atoms with E-state index in [1.807, 2.05) is 31.5 Å². The van der Waals surface area contributed by atoms with Gasteiger partial charge in [-0.25, -0.2) is 0 Å². The predicted octanol–water partition coefficient (Wildman–Crippen LogP) is 4.88. The van der Waals surface area contributed by atoms with Crippen LogP contribution in [-0.4, -0.2) is 44.7 Å². The highest BCUT2D eigenvalue weighted by atomic mass is 15.1. The molecule has 166 valence electrons. The zero-order valence-electron chi connectivity index (χ0n) is 18.9. The lowest BCUT2D eigenvalue weighted by Gasteiger charge is -2.14. The molecule has 0 saturated carbocycles. The summed E-state index contributed by atoms with van der Waals surface area (Å²) in [6.45, 7) is 14.1. The van der Waals surface area contributed by atoms with Crippen molar-refractivity contribution in [3.8, 4) is 0 Å². The number of anilines is 1. The van der Waals surface area contributed by atoms with Gasteiger partial charge in [0.05, 0.1) is 17.6 Å². The van der Waals surface area contributed by atoms with E-state index in [-0.39, 0.29) is 0 Å². The van der Waals surface area contributed by atoms with Gasteiger partial charge >= 0.3 is 0 Å². The molecule has 0 unspecified atom stereocenters. The van der Waals surface area contributed by atoms with Crippen molar-refractivity contribution in [1.82, 2.24) is 25.1 Å². The summed E-state index contributed by atoms with van der Waals surface area (Å²) in [4.78, 5) is 11.6. The monoisotopic (exact) mass is 428 g/mol. The zero-order valence-corrected chi connectivity index (χ0v) is 18.9. The van der Waals surface area contributed by atoms with Gasteiger partial charge in [-0.15, -0.1) is 0 Å². The van der Waals surface area contributed by atoms with Crippen molar-refractivity contribution >= 4 is 17.0 Å². The average molecular weight is 429 g/mol. The van der Waals surface area contributed by atoms with E-state index in [1.54, 1.807) is 6.20 Å². The molecule has 32 heavy (non-hydrogen) atoms. The van der Waals surface area contributed by atoms with Gasteiger partial charge in [0, 0.05) is 41.5 Å². The third-order valence-corrected chi connectivity index (χ3v) is 5.95. The fourth-order valence-electron chi connectivity index (χ4n) is 4.06. The van der Waals surface area contributed by atoms with E-state index >= 15 is 0 Å². The Morgan fingerprint density at radius 1 is 1.06 bits per heavy atom. The summed E-state index contributed by atoms with van der Waals surface area (Å²) in [7, 11) is 0. The van der Waals surface area contributed by atoms with Gasteiger partial charge in [-0.05, 0) is 81.6 Å². The van der Waals surface area contributed by atoms with Crippen LogP contribution in [0.4, 0.5) is 5.69 Å². The lowest BCUT2D eigenvalue weighted by Crippen LogP contribution is -2.20. The van der Waals surface area contributed by atoms with Gasteiger partial charge in [-0.1, -0.05) is 19.2 Å². The number of allylic oxidation sites excluding steroid dienone is 1. The molecule has 3 aromatic rings. The molecule has 4 rings (SSSR count). The van der Waals surface area contributed by atoms with Gasteiger partial charge in [-0.3, -0.25) is 15.1 Å². The van der Waals surface area contributed by atoms with Crippen molar-refractivity contribution in [2.24, 2.45) is 0 Å². The third kappa shape index (κ3) is 5.71. The first-order valence-corrected chi connectivity index (χ1v) is 11.3. The minimum atomic E-state index is 0.705. The molecule has 2 N–H and O–H groups in total. The average Bonchev–Trinajstić information content (AvgIpc) is 3.48. The fourth-order valence-corrected chi connectivity index (χ4v) is 4.06. The number of aromatic amines is 1. The van der Waals surface area contributed by atoms with Crippen molar-refractivity contribution in [3.05, 3.63) is 84.2 Å². The van der Waals surface area contributed by atoms with E-state index in [4.69, 9.17) is 0 Å². The molecule has 0 bridgehead atoms. The molecule has 0 amide bonds. The first-order chi connectivity index (χ1) is 15.6. The maximum atomic E-state index is 4.67. The molecule has 1 aliphatic rings. The maximum absolute atomic E-state index is 4.67. The van der Waals surface area contributed by atoms with Crippen LogP contribution in [-0.2, 0) is 12.8 Å². The van der Waals surface area contributed by atoms with Gasteiger partial charge in [0.15, 0.2) is 0 Å². The number of aryl methyl sites for hydroxylation is 2. The lowest BCUT2D eigenvalue weighted by atomic mass is 10.0. The largest absolute Gasteiger partial charge is 0.352 e. The highest BCUT2D eigenvalue weighted by Crippen LogP contribution is 2.26. The summed E-state index contributed by atoms with van der Waals surface area (Å²) in [6, 6.07) is 8.28. The van der Waals surface area contributed by atoms with E-state index in [0.717, 1.165) is 51.6 Å². The van der Waals surface area contributed by atoms with Gasteiger partial charge in [0.2, 0.25) is 0 Å². The van der Waals surface area contributed by atoms with Crippen LogP contribution in [0.1, 0.15) is 47.5 Å². The molecular formula is C26H32N6. The van der Waals surface area contributed by atoms with Crippen molar-refractivity contribution in [1.29, 1.82) is 0 Å².